The number of methoxy groups -OCH3 is 1. The van der Waals surface area contributed by atoms with Crippen LogP contribution in [0, 0.1) is 0 Å². The number of alkyl halides is 10. The second-order valence-electron chi connectivity index (χ2n) is 3.34. The molecule has 0 aliphatic carbocycles. The third-order valence-electron chi connectivity index (χ3n) is 2.10. The average molecular weight is 326 g/mol. The minimum absolute atomic E-state index is 0.374. The molecule has 0 heterocycles. The maximum atomic E-state index is 12.9. The van der Waals surface area contributed by atoms with Crippen LogP contribution in [0.5, 0.6) is 0 Å². The molecule has 1 nitrogen and oxygen atoms in total. The Morgan fingerprint density at radius 3 is 0.950 bits per heavy atom. The van der Waals surface area contributed by atoms with Crippen molar-refractivity contribution in [2.24, 2.45) is 0 Å². The number of halogens is 10. The molecule has 11 heteroatoms. The summed E-state index contributed by atoms with van der Waals surface area (Å²) in [6, 6.07) is 0. The molecular weight excluding hydrogens is 314 g/mol. The van der Waals surface area contributed by atoms with Crippen LogP contribution in [-0.2, 0) is 4.74 Å². The minimum Gasteiger partial charge on any atom is -0.357 e. The lowest BCUT2D eigenvalue weighted by Crippen LogP contribution is -2.73. The summed E-state index contributed by atoms with van der Waals surface area (Å²) in [7, 11) is -0.374. The normalized spacial score (nSPS) is 14.7. The van der Waals surface area contributed by atoms with Gasteiger partial charge in [-0.25, -0.2) is 8.78 Å². The molecule has 0 unspecified atom stereocenters. The molecule has 0 bridgehead atoms. The molecule has 0 spiro atoms. The largest absolute Gasteiger partial charge is 0.432 e. The summed E-state index contributed by atoms with van der Waals surface area (Å²) < 4.78 is 127. The van der Waals surface area contributed by atoms with Crippen molar-refractivity contribution < 1.29 is 48.6 Å². The highest BCUT2D eigenvalue weighted by Crippen LogP contribution is 2.58. The SMILES string of the molecule is CC.COC(C(F)(F)F)(C(F)(F)F)C(F)(F)C(C)(F)F. The molecule has 0 aliphatic heterocycles. The number of hydrogen-bond acceptors (Lipinski definition) is 1. The fourth-order valence-electron chi connectivity index (χ4n) is 1.19. The summed E-state index contributed by atoms with van der Waals surface area (Å²) in [5.41, 5.74) is -6.29. The van der Waals surface area contributed by atoms with Crippen LogP contribution in [-0.4, -0.2) is 36.9 Å². The predicted molar refractivity (Wildman–Crippen MR) is 48.8 cm³/mol. The smallest absolute Gasteiger partial charge is 0.357 e. The van der Waals surface area contributed by atoms with Crippen molar-refractivity contribution >= 4 is 0 Å². The molecule has 0 fully saturated rings. The topological polar surface area (TPSA) is 9.23 Å². The molecule has 0 aromatic heterocycles. The van der Waals surface area contributed by atoms with Crippen molar-refractivity contribution in [1.82, 2.24) is 0 Å². The average Bonchev–Trinajstić information content (AvgIpc) is 2.15. The molecule has 0 aliphatic rings. The fourth-order valence-corrected chi connectivity index (χ4v) is 1.19. The van der Waals surface area contributed by atoms with Crippen molar-refractivity contribution in [2.75, 3.05) is 7.11 Å². The van der Waals surface area contributed by atoms with Crippen LogP contribution in [0.15, 0.2) is 0 Å². The first kappa shape index (κ1) is 21.6. The number of hydrogen-bond donors (Lipinski definition) is 0. The van der Waals surface area contributed by atoms with Gasteiger partial charge >= 0.3 is 29.8 Å². The van der Waals surface area contributed by atoms with Gasteiger partial charge in [0.1, 0.15) is 0 Å². The quantitative estimate of drug-likeness (QED) is 0.676. The van der Waals surface area contributed by atoms with E-state index in [-0.39, 0.29) is 7.11 Å². The highest BCUT2D eigenvalue weighted by atomic mass is 19.4. The van der Waals surface area contributed by atoms with Crippen LogP contribution in [0.1, 0.15) is 20.8 Å². The highest BCUT2D eigenvalue weighted by Gasteiger charge is 2.88. The fraction of sp³-hybridized carbons (Fsp3) is 1.00. The lowest BCUT2D eigenvalue weighted by atomic mass is 9.89. The van der Waals surface area contributed by atoms with Gasteiger partial charge in [-0.2, -0.15) is 35.1 Å². The van der Waals surface area contributed by atoms with Gasteiger partial charge in [-0.05, 0) is 0 Å². The van der Waals surface area contributed by atoms with Gasteiger partial charge in [0.2, 0.25) is 0 Å². The minimum atomic E-state index is -6.79. The number of rotatable bonds is 3. The summed E-state index contributed by atoms with van der Waals surface area (Å²) in [6.45, 7) is 3.23. The molecule has 0 saturated heterocycles. The standard InChI is InChI=1S/C7H6F10O.C2H6/c1-3(8,9)5(10,11)4(18-2,6(12,13)14)7(15,16)17;1-2/h1-2H3;1-2H3. The Labute approximate surface area is 107 Å². The van der Waals surface area contributed by atoms with E-state index in [1.54, 1.807) is 0 Å². The Balaban J connectivity index is 0. The highest BCUT2D eigenvalue weighted by molar-refractivity contribution is 5.10. The molecule has 0 N–H and O–H groups in total. The molecule has 0 rings (SSSR count). The Kier molecular flexibility index (Phi) is 6.40. The van der Waals surface area contributed by atoms with Gasteiger partial charge in [-0.15, -0.1) is 0 Å². The van der Waals surface area contributed by atoms with Crippen molar-refractivity contribution in [1.29, 1.82) is 0 Å². The molecule has 20 heavy (non-hydrogen) atoms. The van der Waals surface area contributed by atoms with Gasteiger partial charge in [0.15, 0.2) is 0 Å². The van der Waals surface area contributed by atoms with E-state index >= 15 is 0 Å². The molecule has 124 valence electrons. The van der Waals surface area contributed by atoms with Crippen molar-refractivity contribution in [3.05, 3.63) is 0 Å². The van der Waals surface area contributed by atoms with Crippen molar-refractivity contribution in [2.45, 2.75) is 50.6 Å². The zero-order valence-corrected chi connectivity index (χ0v) is 10.7. The van der Waals surface area contributed by atoms with Crippen LogP contribution in [0.4, 0.5) is 43.9 Å². The lowest BCUT2D eigenvalue weighted by Gasteiger charge is -2.42. The van der Waals surface area contributed by atoms with Gasteiger partial charge in [-0.1, -0.05) is 13.8 Å². The molecule has 0 saturated carbocycles. The van der Waals surface area contributed by atoms with Gasteiger partial charge < -0.3 is 4.74 Å². The Hall–Kier alpha value is -0.740. The van der Waals surface area contributed by atoms with E-state index in [1.165, 1.54) is 0 Å². The second kappa shape index (κ2) is 5.94. The summed E-state index contributed by atoms with van der Waals surface area (Å²) in [5.74, 6) is -12.1. The van der Waals surface area contributed by atoms with Crippen LogP contribution in [0.25, 0.3) is 0 Å². The maximum Gasteiger partial charge on any atom is 0.432 e. The summed E-state index contributed by atoms with van der Waals surface area (Å²) >= 11 is 0. The molecule has 0 atom stereocenters. The zero-order chi connectivity index (χ0) is 17.2. The Morgan fingerprint density at radius 2 is 0.900 bits per heavy atom. The predicted octanol–water partition coefficient (Wildman–Crippen LogP) is 4.81. The van der Waals surface area contributed by atoms with Crippen molar-refractivity contribution in [3.8, 4) is 0 Å². The first-order valence-electron chi connectivity index (χ1n) is 5.00. The van der Waals surface area contributed by atoms with Gasteiger partial charge in [-0.3, -0.25) is 0 Å². The Bertz CT molecular complexity index is 283. The van der Waals surface area contributed by atoms with E-state index in [1.807, 2.05) is 13.8 Å². The number of ether oxygens (including phenoxy) is 1. The second-order valence-corrected chi connectivity index (χ2v) is 3.34. The van der Waals surface area contributed by atoms with Crippen LogP contribution in [0.3, 0.4) is 0 Å². The third-order valence-corrected chi connectivity index (χ3v) is 2.10. The Morgan fingerprint density at radius 1 is 0.650 bits per heavy atom. The zero-order valence-electron chi connectivity index (χ0n) is 10.7. The monoisotopic (exact) mass is 326 g/mol. The van der Waals surface area contributed by atoms with E-state index in [0.29, 0.717) is 0 Å². The maximum absolute atomic E-state index is 12.9. The van der Waals surface area contributed by atoms with E-state index in [2.05, 4.69) is 4.74 Å². The molecule has 0 radical (unpaired) electrons. The molecule has 0 aromatic carbocycles. The van der Waals surface area contributed by atoms with Crippen LogP contribution in [0.2, 0.25) is 0 Å². The van der Waals surface area contributed by atoms with Gasteiger partial charge in [0.25, 0.3) is 0 Å². The third kappa shape index (κ3) is 3.12. The molecule has 0 aromatic rings. The van der Waals surface area contributed by atoms with Crippen LogP contribution < -0.4 is 0 Å². The van der Waals surface area contributed by atoms with Crippen molar-refractivity contribution in [3.63, 3.8) is 0 Å². The first-order valence-corrected chi connectivity index (χ1v) is 5.00. The first-order chi connectivity index (χ1) is 8.56. The van der Waals surface area contributed by atoms with Gasteiger partial charge in [0.05, 0.1) is 0 Å². The van der Waals surface area contributed by atoms with E-state index in [0.717, 1.165) is 0 Å². The van der Waals surface area contributed by atoms with Gasteiger partial charge in [0, 0.05) is 14.0 Å². The van der Waals surface area contributed by atoms with E-state index in [9.17, 15) is 43.9 Å². The van der Waals surface area contributed by atoms with Crippen LogP contribution >= 0.6 is 0 Å². The lowest BCUT2D eigenvalue weighted by molar-refractivity contribution is -0.452. The molecular formula is C9H12F10O. The summed E-state index contributed by atoms with van der Waals surface area (Å²) in [5, 5.41) is 0. The summed E-state index contributed by atoms with van der Waals surface area (Å²) in [6.07, 6.45) is -13.6. The molecule has 0 amide bonds. The van der Waals surface area contributed by atoms with E-state index < -0.39 is 36.7 Å². The summed E-state index contributed by atoms with van der Waals surface area (Å²) in [4.78, 5) is 0. The van der Waals surface area contributed by atoms with E-state index in [4.69, 9.17) is 0 Å².